The smallest absolute Gasteiger partial charge is 0.0478 e. The fourth-order valence-corrected chi connectivity index (χ4v) is 2.31. The van der Waals surface area contributed by atoms with E-state index in [0.717, 1.165) is 13.1 Å². The monoisotopic (exact) mass is 248 g/mol. The van der Waals surface area contributed by atoms with Gasteiger partial charge in [0.1, 0.15) is 0 Å². The first-order valence-electron chi connectivity index (χ1n) is 5.94. The standard InChI is InChI=1S/C14H20N2S/c1-14(2,3)15-8-12-4-6-16(9-12)10-13-5-7-17-11-13/h4-7,9,11,15H,8,10H2,1-3H3. The van der Waals surface area contributed by atoms with Crippen molar-refractivity contribution >= 4 is 11.3 Å². The highest BCUT2D eigenvalue weighted by Gasteiger charge is 2.08. The first-order chi connectivity index (χ1) is 8.03. The van der Waals surface area contributed by atoms with Gasteiger partial charge in [-0.1, -0.05) is 0 Å². The third-order valence-electron chi connectivity index (χ3n) is 2.58. The molecule has 0 saturated heterocycles. The summed E-state index contributed by atoms with van der Waals surface area (Å²) < 4.78 is 2.24. The summed E-state index contributed by atoms with van der Waals surface area (Å²) in [5.74, 6) is 0. The van der Waals surface area contributed by atoms with E-state index in [1.54, 1.807) is 11.3 Å². The molecule has 0 aliphatic carbocycles. The molecule has 2 aromatic heterocycles. The van der Waals surface area contributed by atoms with Gasteiger partial charge in [0.2, 0.25) is 0 Å². The average Bonchev–Trinajstić information content (AvgIpc) is 2.86. The van der Waals surface area contributed by atoms with E-state index in [2.05, 4.69) is 65.9 Å². The van der Waals surface area contributed by atoms with Crippen molar-refractivity contribution in [3.8, 4) is 0 Å². The van der Waals surface area contributed by atoms with E-state index in [1.165, 1.54) is 11.1 Å². The second-order valence-corrected chi connectivity index (χ2v) is 6.21. The lowest BCUT2D eigenvalue weighted by Crippen LogP contribution is -2.34. The summed E-state index contributed by atoms with van der Waals surface area (Å²) in [7, 11) is 0. The highest BCUT2D eigenvalue weighted by molar-refractivity contribution is 7.07. The number of aromatic nitrogens is 1. The first-order valence-corrected chi connectivity index (χ1v) is 6.88. The Morgan fingerprint density at radius 3 is 2.71 bits per heavy atom. The number of nitrogens with one attached hydrogen (secondary N) is 1. The van der Waals surface area contributed by atoms with Crippen LogP contribution in [0.4, 0.5) is 0 Å². The quantitative estimate of drug-likeness (QED) is 0.876. The lowest BCUT2D eigenvalue weighted by atomic mass is 10.1. The van der Waals surface area contributed by atoms with Gasteiger partial charge < -0.3 is 9.88 Å². The minimum Gasteiger partial charge on any atom is -0.350 e. The maximum absolute atomic E-state index is 3.50. The van der Waals surface area contributed by atoms with E-state index < -0.39 is 0 Å². The van der Waals surface area contributed by atoms with E-state index in [0.29, 0.717) is 0 Å². The number of rotatable bonds is 4. The van der Waals surface area contributed by atoms with Gasteiger partial charge >= 0.3 is 0 Å². The summed E-state index contributed by atoms with van der Waals surface area (Å²) in [4.78, 5) is 0. The van der Waals surface area contributed by atoms with E-state index in [4.69, 9.17) is 0 Å². The Kier molecular flexibility index (Phi) is 3.69. The Bertz CT molecular complexity index is 449. The molecule has 17 heavy (non-hydrogen) atoms. The van der Waals surface area contributed by atoms with Crippen molar-refractivity contribution in [2.24, 2.45) is 0 Å². The minimum atomic E-state index is 0.176. The summed E-state index contributed by atoms with van der Waals surface area (Å²) in [6, 6.07) is 4.36. The molecule has 2 rings (SSSR count). The third kappa shape index (κ3) is 4.02. The highest BCUT2D eigenvalue weighted by atomic mass is 32.1. The van der Waals surface area contributed by atoms with Gasteiger partial charge in [0, 0.05) is 31.0 Å². The van der Waals surface area contributed by atoms with Crippen LogP contribution in [0.15, 0.2) is 35.3 Å². The molecule has 3 heteroatoms. The molecule has 0 fully saturated rings. The summed E-state index contributed by atoms with van der Waals surface area (Å²) in [6.45, 7) is 8.47. The van der Waals surface area contributed by atoms with Crippen LogP contribution in [0.1, 0.15) is 31.9 Å². The van der Waals surface area contributed by atoms with Crippen LogP contribution in [-0.4, -0.2) is 10.1 Å². The SMILES string of the molecule is CC(C)(C)NCc1ccn(Cc2ccsc2)c1. The van der Waals surface area contributed by atoms with E-state index in [1.807, 2.05) is 0 Å². The van der Waals surface area contributed by atoms with Crippen LogP contribution < -0.4 is 5.32 Å². The minimum absolute atomic E-state index is 0.176. The lowest BCUT2D eigenvalue weighted by molar-refractivity contribution is 0.424. The lowest BCUT2D eigenvalue weighted by Gasteiger charge is -2.19. The fraction of sp³-hybridized carbons (Fsp3) is 0.429. The molecule has 0 atom stereocenters. The highest BCUT2D eigenvalue weighted by Crippen LogP contribution is 2.10. The molecule has 0 aromatic carbocycles. The zero-order valence-electron chi connectivity index (χ0n) is 10.7. The van der Waals surface area contributed by atoms with Gasteiger partial charge in [-0.2, -0.15) is 11.3 Å². The predicted octanol–water partition coefficient (Wildman–Crippen LogP) is 3.49. The molecule has 2 nitrogen and oxygen atoms in total. The molecule has 0 spiro atoms. The number of hydrogen-bond donors (Lipinski definition) is 1. The van der Waals surface area contributed by atoms with Crippen LogP contribution in [0.5, 0.6) is 0 Å². The number of hydrogen-bond acceptors (Lipinski definition) is 2. The molecule has 92 valence electrons. The van der Waals surface area contributed by atoms with E-state index >= 15 is 0 Å². The maximum atomic E-state index is 3.50. The molecule has 0 amide bonds. The summed E-state index contributed by atoms with van der Waals surface area (Å²) in [6.07, 6.45) is 4.37. The van der Waals surface area contributed by atoms with Crippen LogP contribution in [0.2, 0.25) is 0 Å². The molecular formula is C14H20N2S. The van der Waals surface area contributed by atoms with Crippen LogP contribution in [0.25, 0.3) is 0 Å². The first kappa shape index (κ1) is 12.4. The Balaban J connectivity index is 1.92. The molecule has 2 aromatic rings. The van der Waals surface area contributed by atoms with Gasteiger partial charge in [0.05, 0.1) is 0 Å². The van der Waals surface area contributed by atoms with Crippen molar-refractivity contribution in [3.63, 3.8) is 0 Å². The zero-order chi connectivity index (χ0) is 12.3. The maximum Gasteiger partial charge on any atom is 0.0478 e. The normalized spacial score (nSPS) is 11.9. The molecule has 0 bridgehead atoms. The summed E-state index contributed by atoms with van der Waals surface area (Å²) >= 11 is 1.75. The molecule has 0 aliphatic heterocycles. The molecule has 0 saturated carbocycles. The average molecular weight is 248 g/mol. The molecular weight excluding hydrogens is 228 g/mol. The second kappa shape index (κ2) is 5.07. The molecule has 1 N–H and O–H groups in total. The van der Waals surface area contributed by atoms with Crippen molar-refractivity contribution in [2.75, 3.05) is 0 Å². The van der Waals surface area contributed by atoms with Crippen molar-refractivity contribution in [1.29, 1.82) is 0 Å². The second-order valence-electron chi connectivity index (χ2n) is 5.43. The molecule has 2 heterocycles. The van der Waals surface area contributed by atoms with Crippen molar-refractivity contribution < 1.29 is 0 Å². The molecule has 0 radical (unpaired) electrons. The Morgan fingerprint density at radius 2 is 2.06 bits per heavy atom. The van der Waals surface area contributed by atoms with Crippen LogP contribution in [0.3, 0.4) is 0 Å². The molecule has 0 unspecified atom stereocenters. The zero-order valence-corrected chi connectivity index (χ0v) is 11.6. The van der Waals surface area contributed by atoms with Crippen LogP contribution >= 0.6 is 11.3 Å². The van der Waals surface area contributed by atoms with E-state index in [9.17, 15) is 0 Å². The van der Waals surface area contributed by atoms with Gasteiger partial charge in [-0.15, -0.1) is 0 Å². The predicted molar refractivity (Wildman–Crippen MR) is 74.4 cm³/mol. The van der Waals surface area contributed by atoms with Crippen molar-refractivity contribution in [3.05, 3.63) is 46.4 Å². The van der Waals surface area contributed by atoms with Crippen molar-refractivity contribution in [1.82, 2.24) is 9.88 Å². The van der Waals surface area contributed by atoms with Crippen LogP contribution in [-0.2, 0) is 13.1 Å². The van der Waals surface area contributed by atoms with Gasteiger partial charge in [0.25, 0.3) is 0 Å². The van der Waals surface area contributed by atoms with E-state index in [-0.39, 0.29) is 5.54 Å². The Labute approximate surface area is 107 Å². The summed E-state index contributed by atoms with van der Waals surface area (Å²) in [5, 5.41) is 7.83. The van der Waals surface area contributed by atoms with Crippen LogP contribution in [0, 0.1) is 0 Å². The molecule has 0 aliphatic rings. The van der Waals surface area contributed by atoms with Gasteiger partial charge in [0.15, 0.2) is 0 Å². The van der Waals surface area contributed by atoms with Gasteiger partial charge in [-0.3, -0.25) is 0 Å². The largest absolute Gasteiger partial charge is 0.350 e. The van der Waals surface area contributed by atoms with Crippen molar-refractivity contribution in [2.45, 2.75) is 39.4 Å². The number of thiophene rings is 1. The topological polar surface area (TPSA) is 17.0 Å². The summed E-state index contributed by atoms with van der Waals surface area (Å²) in [5.41, 5.74) is 2.89. The Morgan fingerprint density at radius 1 is 1.24 bits per heavy atom. The number of nitrogens with zero attached hydrogens (tertiary/aromatic N) is 1. The third-order valence-corrected chi connectivity index (χ3v) is 3.31. The van der Waals surface area contributed by atoms with Gasteiger partial charge in [-0.25, -0.2) is 0 Å². The van der Waals surface area contributed by atoms with Gasteiger partial charge in [-0.05, 0) is 54.8 Å². The Hall–Kier alpha value is -1.06. The fourth-order valence-electron chi connectivity index (χ4n) is 1.65.